The van der Waals surface area contributed by atoms with E-state index >= 15 is 0 Å². The molecule has 0 spiro atoms. The van der Waals surface area contributed by atoms with E-state index in [2.05, 4.69) is 23.0 Å². The normalized spacial score (nSPS) is 11.8. The molecular weight excluding hydrogens is 346 g/mol. The van der Waals surface area contributed by atoms with Crippen molar-refractivity contribution in [2.45, 2.75) is 19.3 Å². The second-order valence-corrected chi connectivity index (χ2v) is 6.68. The number of rotatable bonds is 6. The first-order valence-electron chi connectivity index (χ1n) is 9.34. The van der Waals surface area contributed by atoms with Crippen molar-refractivity contribution < 1.29 is 4.74 Å². The highest BCUT2D eigenvalue weighted by Gasteiger charge is 2.11. The molecule has 0 aliphatic heterocycles. The summed E-state index contributed by atoms with van der Waals surface area (Å²) in [4.78, 5) is 13.7. The van der Waals surface area contributed by atoms with Crippen LogP contribution in [0.15, 0.2) is 91.3 Å². The molecule has 4 nitrogen and oxygen atoms in total. The van der Waals surface area contributed by atoms with E-state index in [1.807, 2.05) is 79.0 Å². The summed E-state index contributed by atoms with van der Waals surface area (Å²) >= 11 is 0. The summed E-state index contributed by atoms with van der Waals surface area (Å²) in [6.07, 6.45) is 4.41. The Hall–Kier alpha value is -3.53. The van der Waals surface area contributed by atoms with Crippen LogP contribution in [-0.2, 0) is 6.42 Å². The average molecular weight is 367 g/mol. The van der Waals surface area contributed by atoms with E-state index in [1.165, 1.54) is 0 Å². The highest BCUT2D eigenvalue weighted by molar-refractivity contribution is 5.57. The maximum absolute atomic E-state index is 5.86. The van der Waals surface area contributed by atoms with Crippen LogP contribution in [0.4, 0.5) is 0 Å². The second-order valence-electron chi connectivity index (χ2n) is 6.68. The maximum atomic E-state index is 5.86. The Balaban J connectivity index is 1.50. The molecule has 0 amide bonds. The Kier molecular flexibility index (Phi) is 5.38. The molecular formula is C24H21N3O. The van der Waals surface area contributed by atoms with Gasteiger partial charge in [-0.05, 0) is 48.9 Å². The Bertz CT molecular complexity index is 1040. The number of hydrogen-bond donors (Lipinski definition) is 0. The van der Waals surface area contributed by atoms with E-state index in [0.29, 0.717) is 5.88 Å². The van der Waals surface area contributed by atoms with Gasteiger partial charge in [0.05, 0.1) is 5.69 Å². The smallest absolute Gasteiger partial charge is 0.219 e. The highest BCUT2D eigenvalue weighted by atomic mass is 16.5. The number of para-hydroxylation sites is 1. The lowest BCUT2D eigenvalue weighted by atomic mass is 10.0. The van der Waals surface area contributed by atoms with Crippen molar-refractivity contribution in [3.8, 4) is 22.9 Å². The van der Waals surface area contributed by atoms with E-state index in [4.69, 9.17) is 9.72 Å². The third-order valence-electron chi connectivity index (χ3n) is 4.50. The molecule has 4 aromatic rings. The molecule has 0 saturated heterocycles. The SMILES string of the molecule is CC(Cc1cccc(-c2cccnc2)n1)c1cccc(Oc2ccccc2)n1. The molecule has 1 unspecified atom stereocenters. The van der Waals surface area contributed by atoms with Crippen LogP contribution < -0.4 is 4.74 Å². The third-order valence-corrected chi connectivity index (χ3v) is 4.50. The third kappa shape index (κ3) is 4.41. The van der Waals surface area contributed by atoms with Crippen molar-refractivity contribution in [1.82, 2.24) is 15.0 Å². The van der Waals surface area contributed by atoms with Crippen LogP contribution in [0.3, 0.4) is 0 Å². The predicted octanol–water partition coefficient (Wildman–Crippen LogP) is 5.68. The number of aromatic nitrogens is 3. The van der Waals surface area contributed by atoms with E-state index in [-0.39, 0.29) is 5.92 Å². The Morgan fingerprint density at radius 3 is 2.50 bits per heavy atom. The van der Waals surface area contributed by atoms with Crippen molar-refractivity contribution >= 4 is 0 Å². The molecule has 0 aliphatic rings. The molecule has 0 aliphatic carbocycles. The first-order valence-corrected chi connectivity index (χ1v) is 9.34. The topological polar surface area (TPSA) is 47.9 Å². The predicted molar refractivity (Wildman–Crippen MR) is 110 cm³/mol. The summed E-state index contributed by atoms with van der Waals surface area (Å²) in [7, 11) is 0. The summed E-state index contributed by atoms with van der Waals surface area (Å²) in [6, 6.07) is 25.7. The lowest BCUT2D eigenvalue weighted by Crippen LogP contribution is -2.04. The van der Waals surface area contributed by atoms with Gasteiger partial charge in [0.2, 0.25) is 5.88 Å². The fraction of sp³-hybridized carbons (Fsp3) is 0.125. The van der Waals surface area contributed by atoms with Crippen LogP contribution in [0.25, 0.3) is 11.3 Å². The lowest BCUT2D eigenvalue weighted by molar-refractivity contribution is 0.458. The minimum absolute atomic E-state index is 0.218. The first kappa shape index (κ1) is 17.9. The molecule has 1 atom stereocenters. The summed E-state index contributed by atoms with van der Waals surface area (Å²) in [5, 5.41) is 0. The summed E-state index contributed by atoms with van der Waals surface area (Å²) < 4.78 is 5.86. The van der Waals surface area contributed by atoms with Crippen molar-refractivity contribution in [3.63, 3.8) is 0 Å². The molecule has 138 valence electrons. The van der Waals surface area contributed by atoms with Gasteiger partial charge in [-0.2, -0.15) is 0 Å². The number of ether oxygens (including phenoxy) is 1. The quantitative estimate of drug-likeness (QED) is 0.440. The molecule has 4 heteroatoms. The summed E-state index contributed by atoms with van der Waals surface area (Å²) in [6.45, 7) is 2.16. The Labute approximate surface area is 164 Å². The number of nitrogens with zero attached hydrogens (tertiary/aromatic N) is 3. The Morgan fingerprint density at radius 2 is 1.68 bits per heavy atom. The van der Waals surface area contributed by atoms with Gasteiger partial charge in [0, 0.05) is 41.3 Å². The van der Waals surface area contributed by atoms with E-state index in [1.54, 1.807) is 6.20 Å². The van der Waals surface area contributed by atoms with E-state index in [9.17, 15) is 0 Å². The zero-order valence-electron chi connectivity index (χ0n) is 15.7. The summed E-state index contributed by atoms with van der Waals surface area (Å²) in [5.74, 6) is 1.61. The first-order chi connectivity index (χ1) is 13.8. The zero-order valence-corrected chi connectivity index (χ0v) is 15.7. The van der Waals surface area contributed by atoms with Crippen LogP contribution in [0, 0.1) is 0 Å². The standard InChI is InChI=1S/C24H21N3O/c1-18(16-20-9-5-13-23(26-20)19-8-7-15-25-17-19)22-12-6-14-24(27-22)28-21-10-3-2-4-11-21/h2-15,17-18H,16H2,1H3. The molecule has 0 fully saturated rings. The average Bonchev–Trinajstić information content (AvgIpc) is 2.75. The van der Waals surface area contributed by atoms with Gasteiger partial charge in [-0.25, -0.2) is 4.98 Å². The van der Waals surface area contributed by atoms with Crippen molar-refractivity contribution in [2.75, 3.05) is 0 Å². The molecule has 4 rings (SSSR count). The number of pyridine rings is 3. The van der Waals surface area contributed by atoms with Crippen LogP contribution in [-0.4, -0.2) is 15.0 Å². The monoisotopic (exact) mass is 367 g/mol. The fourth-order valence-corrected chi connectivity index (χ4v) is 3.06. The van der Waals surface area contributed by atoms with Crippen molar-refractivity contribution in [1.29, 1.82) is 0 Å². The van der Waals surface area contributed by atoms with Gasteiger partial charge in [0.15, 0.2) is 0 Å². The van der Waals surface area contributed by atoms with Gasteiger partial charge in [0.25, 0.3) is 0 Å². The van der Waals surface area contributed by atoms with Crippen LogP contribution in [0.1, 0.15) is 24.2 Å². The molecule has 3 aromatic heterocycles. The maximum Gasteiger partial charge on any atom is 0.219 e. The number of benzene rings is 1. The van der Waals surface area contributed by atoms with Crippen molar-refractivity contribution in [2.24, 2.45) is 0 Å². The largest absolute Gasteiger partial charge is 0.439 e. The molecule has 0 saturated carbocycles. The van der Waals surface area contributed by atoms with Crippen LogP contribution in [0.2, 0.25) is 0 Å². The van der Waals surface area contributed by atoms with Gasteiger partial charge in [-0.15, -0.1) is 0 Å². The van der Waals surface area contributed by atoms with Gasteiger partial charge < -0.3 is 4.74 Å². The lowest BCUT2D eigenvalue weighted by Gasteiger charge is -2.13. The van der Waals surface area contributed by atoms with Crippen molar-refractivity contribution in [3.05, 3.63) is 103 Å². The van der Waals surface area contributed by atoms with Crippen LogP contribution in [0.5, 0.6) is 11.6 Å². The summed E-state index contributed by atoms with van der Waals surface area (Å²) in [5.41, 5.74) is 3.98. The fourth-order valence-electron chi connectivity index (χ4n) is 3.06. The van der Waals surface area contributed by atoms with E-state index < -0.39 is 0 Å². The number of hydrogen-bond acceptors (Lipinski definition) is 4. The van der Waals surface area contributed by atoms with Gasteiger partial charge in [-0.3, -0.25) is 9.97 Å². The second kappa shape index (κ2) is 8.44. The van der Waals surface area contributed by atoms with Gasteiger partial charge in [0.1, 0.15) is 5.75 Å². The zero-order chi connectivity index (χ0) is 19.2. The molecule has 0 bridgehead atoms. The minimum atomic E-state index is 0.218. The highest BCUT2D eigenvalue weighted by Crippen LogP contribution is 2.24. The van der Waals surface area contributed by atoms with Crippen LogP contribution >= 0.6 is 0 Å². The molecule has 0 radical (unpaired) electrons. The Morgan fingerprint density at radius 1 is 0.821 bits per heavy atom. The molecule has 28 heavy (non-hydrogen) atoms. The molecule has 0 N–H and O–H groups in total. The molecule has 1 aromatic carbocycles. The van der Waals surface area contributed by atoms with E-state index in [0.717, 1.165) is 34.8 Å². The minimum Gasteiger partial charge on any atom is -0.439 e. The molecule has 3 heterocycles. The van der Waals surface area contributed by atoms with Gasteiger partial charge >= 0.3 is 0 Å². The van der Waals surface area contributed by atoms with Gasteiger partial charge in [-0.1, -0.05) is 37.3 Å².